The first-order valence-electron chi connectivity index (χ1n) is 9.64. The SMILES string of the molecule is COc1ccccc1N(CC(=O)N1CCc2sccc2C1)S(=O)(=O)c1ccc(F)cc1. The van der Waals surface area contributed by atoms with Gasteiger partial charge < -0.3 is 9.64 Å². The lowest BCUT2D eigenvalue weighted by atomic mass is 10.1. The molecule has 9 heteroatoms. The number of carbonyl (C=O) groups is 1. The van der Waals surface area contributed by atoms with E-state index in [2.05, 4.69) is 0 Å². The van der Waals surface area contributed by atoms with Crippen LogP contribution in [0.2, 0.25) is 0 Å². The largest absolute Gasteiger partial charge is 0.495 e. The topological polar surface area (TPSA) is 66.9 Å². The molecule has 3 aromatic rings. The molecule has 1 aliphatic rings. The van der Waals surface area contributed by atoms with Gasteiger partial charge in [-0.3, -0.25) is 9.10 Å². The van der Waals surface area contributed by atoms with Crippen molar-refractivity contribution in [1.82, 2.24) is 4.90 Å². The van der Waals surface area contributed by atoms with E-state index in [1.54, 1.807) is 40.5 Å². The molecule has 1 aromatic heterocycles. The molecule has 0 saturated heterocycles. The monoisotopic (exact) mass is 460 g/mol. The Labute approximate surface area is 184 Å². The first-order valence-corrected chi connectivity index (χ1v) is 12.0. The van der Waals surface area contributed by atoms with Crippen molar-refractivity contribution in [1.29, 1.82) is 0 Å². The number of anilines is 1. The number of hydrogen-bond acceptors (Lipinski definition) is 5. The van der Waals surface area contributed by atoms with E-state index in [4.69, 9.17) is 4.74 Å². The highest BCUT2D eigenvalue weighted by Crippen LogP contribution is 2.33. The van der Waals surface area contributed by atoms with Crippen molar-refractivity contribution in [3.8, 4) is 5.75 Å². The van der Waals surface area contributed by atoms with Crippen LogP contribution in [-0.4, -0.2) is 39.4 Å². The second-order valence-electron chi connectivity index (χ2n) is 7.07. The lowest BCUT2D eigenvalue weighted by Crippen LogP contribution is -2.44. The second kappa shape index (κ2) is 8.68. The van der Waals surface area contributed by atoms with Crippen molar-refractivity contribution < 1.29 is 22.3 Å². The van der Waals surface area contributed by atoms with E-state index in [1.165, 1.54) is 24.1 Å². The minimum Gasteiger partial charge on any atom is -0.495 e. The third-order valence-corrected chi connectivity index (χ3v) is 7.99. The average Bonchev–Trinajstić information content (AvgIpc) is 3.25. The number of ether oxygens (including phenoxy) is 1. The molecule has 0 radical (unpaired) electrons. The number of sulfonamides is 1. The zero-order valence-electron chi connectivity index (χ0n) is 16.8. The summed E-state index contributed by atoms with van der Waals surface area (Å²) in [7, 11) is -2.71. The number of rotatable bonds is 6. The van der Waals surface area contributed by atoms with Crippen molar-refractivity contribution in [3.63, 3.8) is 0 Å². The molecule has 162 valence electrons. The number of methoxy groups -OCH3 is 1. The van der Waals surface area contributed by atoms with Gasteiger partial charge in [0.15, 0.2) is 0 Å². The first kappa shape index (κ1) is 21.3. The van der Waals surface area contributed by atoms with Crippen LogP contribution >= 0.6 is 11.3 Å². The zero-order chi connectivity index (χ0) is 22.0. The molecule has 0 aliphatic carbocycles. The summed E-state index contributed by atoms with van der Waals surface area (Å²) >= 11 is 1.67. The summed E-state index contributed by atoms with van der Waals surface area (Å²) in [6.45, 7) is 0.594. The number of nitrogens with zero attached hydrogens (tertiary/aromatic N) is 2. The third kappa shape index (κ3) is 4.28. The van der Waals surface area contributed by atoms with Crippen LogP contribution in [0.4, 0.5) is 10.1 Å². The van der Waals surface area contributed by atoms with Gasteiger partial charge in [-0.15, -0.1) is 11.3 Å². The Morgan fingerprint density at radius 3 is 2.65 bits per heavy atom. The number of carbonyl (C=O) groups excluding carboxylic acids is 1. The molecule has 0 bridgehead atoms. The second-order valence-corrected chi connectivity index (χ2v) is 9.93. The fourth-order valence-electron chi connectivity index (χ4n) is 3.55. The maximum Gasteiger partial charge on any atom is 0.264 e. The predicted octanol–water partition coefficient (Wildman–Crippen LogP) is 3.68. The Hall–Kier alpha value is -2.91. The smallest absolute Gasteiger partial charge is 0.264 e. The van der Waals surface area contributed by atoms with Gasteiger partial charge in [-0.25, -0.2) is 12.8 Å². The van der Waals surface area contributed by atoms with Crippen LogP contribution < -0.4 is 9.04 Å². The number of para-hydroxylation sites is 2. The fraction of sp³-hybridized carbons (Fsp3) is 0.227. The number of hydrogen-bond donors (Lipinski definition) is 0. The van der Waals surface area contributed by atoms with E-state index in [0.717, 1.165) is 28.4 Å². The molecule has 0 atom stereocenters. The number of amides is 1. The van der Waals surface area contributed by atoms with Gasteiger partial charge in [0.2, 0.25) is 5.91 Å². The number of thiophene rings is 1. The summed E-state index contributed by atoms with van der Waals surface area (Å²) in [5, 5.41) is 2.00. The van der Waals surface area contributed by atoms with Gasteiger partial charge in [0.25, 0.3) is 10.0 Å². The average molecular weight is 461 g/mol. The lowest BCUT2D eigenvalue weighted by Gasteiger charge is -2.31. The van der Waals surface area contributed by atoms with Crippen molar-refractivity contribution in [2.75, 3.05) is 24.5 Å². The predicted molar refractivity (Wildman–Crippen MR) is 117 cm³/mol. The van der Waals surface area contributed by atoms with E-state index in [1.807, 2.05) is 11.4 Å². The molecule has 4 rings (SSSR count). The highest BCUT2D eigenvalue weighted by Gasteiger charge is 2.32. The van der Waals surface area contributed by atoms with Crippen LogP contribution in [0.25, 0.3) is 0 Å². The minimum atomic E-state index is -4.15. The van der Waals surface area contributed by atoms with Crippen LogP contribution in [-0.2, 0) is 27.8 Å². The first-order chi connectivity index (χ1) is 14.9. The quantitative estimate of drug-likeness (QED) is 0.563. The Morgan fingerprint density at radius 2 is 1.90 bits per heavy atom. The highest BCUT2D eigenvalue weighted by atomic mass is 32.2. The fourth-order valence-corrected chi connectivity index (χ4v) is 5.87. The maximum atomic E-state index is 13.5. The lowest BCUT2D eigenvalue weighted by molar-refractivity contribution is -0.130. The van der Waals surface area contributed by atoms with Crippen LogP contribution in [0.5, 0.6) is 5.75 Å². The van der Waals surface area contributed by atoms with Gasteiger partial charge in [0.1, 0.15) is 18.1 Å². The van der Waals surface area contributed by atoms with Gasteiger partial charge in [-0.1, -0.05) is 12.1 Å². The van der Waals surface area contributed by atoms with Gasteiger partial charge in [-0.2, -0.15) is 0 Å². The number of benzene rings is 2. The molecule has 1 amide bonds. The van der Waals surface area contributed by atoms with Crippen LogP contribution in [0.15, 0.2) is 64.9 Å². The molecule has 2 heterocycles. The molecule has 0 unspecified atom stereocenters. The summed E-state index contributed by atoms with van der Waals surface area (Å²) in [6, 6.07) is 13.1. The summed E-state index contributed by atoms with van der Waals surface area (Å²) in [5.41, 5.74) is 1.34. The summed E-state index contributed by atoms with van der Waals surface area (Å²) < 4.78 is 46.7. The van der Waals surface area contributed by atoms with Gasteiger partial charge in [0, 0.05) is 18.0 Å². The van der Waals surface area contributed by atoms with E-state index < -0.39 is 15.8 Å². The summed E-state index contributed by atoms with van der Waals surface area (Å²) in [4.78, 5) is 16.0. The molecule has 6 nitrogen and oxygen atoms in total. The normalized spacial score (nSPS) is 13.5. The van der Waals surface area contributed by atoms with Crippen LogP contribution in [0.1, 0.15) is 10.4 Å². The van der Waals surface area contributed by atoms with Gasteiger partial charge in [0.05, 0.1) is 17.7 Å². The maximum absolute atomic E-state index is 13.5. The molecule has 1 aliphatic heterocycles. The summed E-state index contributed by atoms with van der Waals surface area (Å²) in [5.74, 6) is -0.535. The van der Waals surface area contributed by atoms with Crippen molar-refractivity contribution >= 4 is 33.0 Å². The zero-order valence-corrected chi connectivity index (χ0v) is 18.5. The van der Waals surface area contributed by atoms with Gasteiger partial charge >= 0.3 is 0 Å². The Balaban J connectivity index is 1.69. The standard InChI is InChI=1S/C22H21FN2O4S2/c1-29-20-5-3-2-4-19(20)25(31(27,28)18-8-6-17(23)7-9-18)15-22(26)24-12-10-21-16(14-24)11-13-30-21/h2-9,11,13H,10,12,14-15H2,1H3. The molecule has 2 aromatic carbocycles. The molecule has 0 spiro atoms. The van der Waals surface area contributed by atoms with E-state index >= 15 is 0 Å². The van der Waals surface area contributed by atoms with E-state index in [9.17, 15) is 17.6 Å². The van der Waals surface area contributed by atoms with E-state index in [0.29, 0.717) is 18.8 Å². The summed E-state index contributed by atoms with van der Waals surface area (Å²) in [6.07, 6.45) is 0.748. The molecule has 0 N–H and O–H groups in total. The van der Waals surface area contributed by atoms with Crippen LogP contribution in [0.3, 0.4) is 0 Å². The molecule has 0 saturated carbocycles. The highest BCUT2D eigenvalue weighted by molar-refractivity contribution is 7.92. The van der Waals surface area contributed by atoms with E-state index in [-0.39, 0.29) is 23.0 Å². The Bertz CT molecular complexity index is 1190. The molecular formula is C22H21FN2O4S2. The molecule has 0 fully saturated rings. The number of fused-ring (bicyclic) bond motifs is 1. The van der Waals surface area contributed by atoms with Crippen LogP contribution in [0, 0.1) is 5.82 Å². The third-order valence-electron chi connectivity index (χ3n) is 5.19. The van der Waals surface area contributed by atoms with Gasteiger partial charge in [-0.05, 0) is 59.8 Å². The number of halogens is 1. The molecule has 31 heavy (non-hydrogen) atoms. The minimum absolute atomic E-state index is 0.105. The Kier molecular flexibility index (Phi) is 5.97. The van der Waals surface area contributed by atoms with Crippen molar-refractivity contribution in [3.05, 3.63) is 76.2 Å². The molecular weight excluding hydrogens is 439 g/mol. The van der Waals surface area contributed by atoms with Crippen molar-refractivity contribution in [2.45, 2.75) is 17.9 Å². The Morgan fingerprint density at radius 1 is 1.16 bits per heavy atom. The van der Waals surface area contributed by atoms with Crippen molar-refractivity contribution in [2.24, 2.45) is 0 Å².